The highest BCUT2D eigenvalue weighted by Gasteiger charge is 2.31. The standard InChI is InChI=1S/C18H11ClF6N2O/c19-10-13-9-16(11-1-3-12(4-2-11)17(20,21)22)27(26-13)14-5-7-15(8-6-14)28-18(23,24)25/h1-9H,10H2. The Morgan fingerprint density at radius 2 is 1.50 bits per heavy atom. The molecule has 0 atom stereocenters. The maximum absolute atomic E-state index is 12.8. The summed E-state index contributed by atoms with van der Waals surface area (Å²) in [5.74, 6) is -0.354. The van der Waals surface area contributed by atoms with E-state index in [1.807, 2.05) is 0 Å². The van der Waals surface area contributed by atoms with Crippen LogP contribution in [0.4, 0.5) is 26.3 Å². The normalized spacial score (nSPS) is 12.2. The fourth-order valence-electron chi connectivity index (χ4n) is 2.52. The predicted octanol–water partition coefficient (Wildman–Crippen LogP) is 6.20. The van der Waals surface area contributed by atoms with Gasteiger partial charge in [-0.3, -0.25) is 0 Å². The average molecular weight is 421 g/mol. The van der Waals surface area contributed by atoms with E-state index in [4.69, 9.17) is 11.6 Å². The molecular weight excluding hydrogens is 410 g/mol. The molecule has 0 bridgehead atoms. The van der Waals surface area contributed by atoms with Gasteiger partial charge >= 0.3 is 12.5 Å². The maximum atomic E-state index is 12.8. The van der Waals surface area contributed by atoms with E-state index < -0.39 is 23.9 Å². The summed E-state index contributed by atoms with van der Waals surface area (Å²) in [6, 6.07) is 11.0. The second-order valence-electron chi connectivity index (χ2n) is 5.68. The van der Waals surface area contributed by atoms with Crippen LogP contribution >= 0.6 is 11.6 Å². The topological polar surface area (TPSA) is 27.1 Å². The first kappa shape index (κ1) is 20.1. The Hall–Kier alpha value is -2.68. The van der Waals surface area contributed by atoms with Crippen molar-refractivity contribution >= 4 is 11.6 Å². The molecule has 0 aliphatic carbocycles. The van der Waals surface area contributed by atoms with Crippen molar-refractivity contribution in [2.24, 2.45) is 0 Å². The molecule has 0 aliphatic rings. The number of nitrogens with zero attached hydrogens (tertiary/aromatic N) is 2. The van der Waals surface area contributed by atoms with Crippen molar-refractivity contribution in [3.05, 3.63) is 65.9 Å². The van der Waals surface area contributed by atoms with Gasteiger partial charge in [0.1, 0.15) is 5.75 Å². The molecule has 0 fully saturated rings. The summed E-state index contributed by atoms with van der Waals surface area (Å²) < 4.78 is 80.3. The van der Waals surface area contributed by atoms with Crippen molar-refractivity contribution in [3.8, 4) is 22.7 Å². The van der Waals surface area contributed by atoms with Crippen molar-refractivity contribution in [1.29, 1.82) is 0 Å². The third kappa shape index (κ3) is 4.59. The summed E-state index contributed by atoms with van der Waals surface area (Å²) in [5, 5.41) is 4.25. The Labute approximate surface area is 160 Å². The predicted molar refractivity (Wildman–Crippen MR) is 90.2 cm³/mol. The van der Waals surface area contributed by atoms with Crippen molar-refractivity contribution in [2.45, 2.75) is 18.4 Å². The first-order chi connectivity index (χ1) is 13.1. The zero-order chi connectivity index (χ0) is 20.5. The van der Waals surface area contributed by atoms with E-state index in [9.17, 15) is 26.3 Å². The van der Waals surface area contributed by atoms with Crippen molar-refractivity contribution in [1.82, 2.24) is 9.78 Å². The zero-order valence-electron chi connectivity index (χ0n) is 13.9. The fourth-order valence-corrected chi connectivity index (χ4v) is 2.65. The molecule has 3 rings (SSSR count). The second-order valence-corrected chi connectivity index (χ2v) is 5.95. The smallest absolute Gasteiger partial charge is 0.406 e. The summed E-state index contributed by atoms with van der Waals surface area (Å²) >= 11 is 5.80. The van der Waals surface area contributed by atoms with Gasteiger partial charge in [0, 0.05) is 5.56 Å². The Kier molecular flexibility index (Phi) is 5.29. The van der Waals surface area contributed by atoms with Gasteiger partial charge in [0.05, 0.1) is 28.5 Å². The third-order valence-electron chi connectivity index (χ3n) is 3.72. The van der Waals surface area contributed by atoms with Crippen LogP contribution < -0.4 is 4.74 Å². The van der Waals surface area contributed by atoms with Crippen LogP contribution in [-0.4, -0.2) is 16.1 Å². The monoisotopic (exact) mass is 420 g/mol. The van der Waals surface area contributed by atoms with Gasteiger partial charge in [-0.2, -0.15) is 18.3 Å². The van der Waals surface area contributed by atoms with Crippen LogP contribution in [0.2, 0.25) is 0 Å². The average Bonchev–Trinajstić information content (AvgIpc) is 3.05. The molecular formula is C18H11ClF6N2O. The van der Waals surface area contributed by atoms with Crippen LogP contribution in [0.15, 0.2) is 54.6 Å². The highest BCUT2D eigenvalue weighted by Crippen LogP contribution is 2.32. The number of alkyl halides is 7. The van der Waals surface area contributed by atoms with Gasteiger partial charge in [-0.25, -0.2) is 4.68 Å². The second kappa shape index (κ2) is 7.38. The molecule has 0 N–H and O–H groups in total. The van der Waals surface area contributed by atoms with Crippen molar-refractivity contribution < 1.29 is 31.1 Å². The zero-order valence-corrected chi connectivity index (χ0v) is 14.6. The van der Waals surface area contributed by atoms with E-state index in [1.54, 1.807) is 6.07 Å². The van der Waals surface area contributed by atoms with Gasteiger partial charge in [0.2, 0.25) is 0 Å². The van der Waals surface area contributed by atoms with Crippen LogP contribution in [0.25, 0.3) is 16.9 Å². The van der Waals surface area contributed by atoms with Crippen LogP contribution in [-0.2, 0) is 12.1 Å². The number of aromatic nitrogens is 2. The summed E-state index contributed by atoms with van der Waals surface area (Å²) in [5.41, 5.74) is 0.919. The molecule has 0 spiro atoms. The molecule has 0 amide bonds. The number of hydrogen-bond donors (Lipinski definition) is 0. The van der Waals surface area contributed by atoms with E-state index in [2.05, 4.69) is 9.84 Å². The van der Waals surface area contributed by atoms with E-state index in [0.717, 1.165) is 24.3 Å². The largest absolute Gasteiger partial charge is 0.573 e. The van der Waals surface area contributed by atoms with E-state index in [0.29, 0.717) is 22.6 Å². The van der Waals surface area contributed by atoms with E-state index in [-0.39, 0.29) is 5.88 Å². The van der Waals surface area contributed by atoms with Crippen LogP contribution in [0.1, 0.15) is 11.3 Å². The summed E-state index contributed by atoms with van der Waals surface area (Å²) in [7, 11) is 0. The lowest BCUT2D eigenvalue weighted by Gasteiger charge is -2.11. The van der Waals surface area contributed by atoms with Crippen LogP contribution in [0.3, 0.4) is 0 Å². The van der Waals surface area contributed by atoms with Gasteiger partial charge in [0.25, 0.3) is 0 Å². The molecule has 0 saturated carbocycles. The molecule has 28 heavy (non-hydrogen) atoms. The quantitative estimate of drug-likeness (QED) is 0.371. The highest BCUT2D eigenvalue weighted by molar-refractivity contribution is 6.16. The lowest BCUT2D eigenvalue weighted by Crippen LogP contribution is -2.17. The minimum absolute atomic E-state index is 0.0515. The molecule has 2 aromatic carbocycles. The van der Waals surface area contributed by atoms with Crippen molar-refractivity contribution in [2.75, 3.05) is 0 Å². The summed E-state index contributed by atoms with van der Waals surface area (Å²) in [6.45, 7) is 0. The minimum atomic E-state index is -4.82. The van der Waals surface area contributed by atoms with Gasteiger partial charge in [0.15, 0.2) is 0 Å². The lowest BCUT2D eigenvalue weighted by atomic mass is 10.1. The Morgan fingerprint density at radius 3 is 2.00 bits per heavy atom. The molecule has 0 saturated heterocycles. The molecule has 0 radical (unpaired) electrons. The number of ether oxygens (including phenoxy) is 1. The van der Waals surface area contributed by atoms with Crippen molar-refractivity contribution in [3.63, 3.8) is 0 Å². The maximum Gasteiger partial charge on any atom is 0.573 e. The molecule has 0 unspecified atom stereocenters. The molecule has 3 nitrogen and oxygen atoms in total. The molecule has 0 aliphatic heterocycles. The third-order valence-corrected chi connectivity index (χ3v) is 3.99. The lowest BCUT2D eigenvalue weighted by molar-refractivity contribution is -0.274. The Balaban J connectivity index is 1.98. The summed E-state index contributed by atoms with van der Waals surface area (Å²) in [6.07, 6.45) is -9.28. The first-order valence-electron chi connectivity index (χ1n) is 7.75. The van der Waals surface area contributed by atoms with E-state index >= 15 is 0 Å². The van der Waals surface area contributed by atoms with Gasteiger partial charge in [-0.15, -0.1) is 24.8 Å². The molecule has 3 aromatic rings. The number of hydrogen-bond acceptors (Lipinski definition) is 2. The number of rotatable bonds is 4. The van der Waals surface area contributed by atoms with E-state index in [1.165, 1.54) is 28.9 Å². The van der Waals surface area contributed by atoms with Crippen LogP contribution in [0.5, 0.6) is 5.75 Å². The summed E-state index contributed by atoms with van der Waals surface area (Å²) in [4.78, 5) is 0. The number of halogens is 7. The highest BCUT2D eigenvalue weighted by atomic mass is 35.5. The molecule has 10 heteroatoms. The molecule has 1 aromatic heterocycles. The van der Waals surface area contributed by atoms with Gasteiger partial charge < -0.3 is 4.74 Å². The van der Waals surface area contributed by atoms with Crippen LogP contribution in [0, 0.1) is 0 Å². The Bertz CT molecular complexity index is 946. The first-order valence-corrected chi connectivity index (χ1v) is 8.29. The van der Waals surface area contributed by atoms with Gasteiger partial charge in [-0.05, 0) is 42.5 Å². The van der Waals surface area contributed by atoms with Gasteiger partial charge in [-0.1, -0.05) is 12.1 Å². The molecule has 1 heterocycles. The Morgan fingerprint density at radius 1 is 0.893 bits per heavy atom. The minimum Gasteiger partial charge on any atom is -0.406 e. The molecule has 148 valence electrons. The SMILES string of the molecule is FC(F)(F)Oc1ccc(-n2nc(CCl)cc2-c2ccc(C(F)(F)F)cc2)cc1. The fraction of sp³-hybridized carbons (Fsp3) is 0.167. The number of benzene rings is 2.